The van der Waals surface area contributed by atoms with Gasteiger partial charge in [0.1, 0.15) is 0 Å². The van der Waals surface area contributed by atoms with Crippen LogP contribution >= 0.6 is 0 Å². The number of carboxylic acid groups (broad SMARTS) is 1. The highest BCUT2D eigenvalue weighted by Crippen LogP contribution is 2.39. The Kier molecular flexibility index (Phi) is 3.46. The molecule has 92 valence electrons. The average Bonchev–Trinajstić information content (AvgIpc) is 2.33. The maximum atomic E-state index is 11.6. The van der Waals surface area contributed by atoms with Crippen molar-refractivity contribution in [3.05, 3.63) is 29.6 Å². The molecule has 0 radical (unpaired) electrons. The van der Waals surface area contributed by atoms with Gasteiger partial charge >= 0.3 is 5.97 Å². The molecular formula is C14H19NO2. The maximum Gasteiger partial charge on any atom is 0.310 e. The Morgan fingerprint density at radius 2 is 2.12 bits per heavy atom. The molecule has 2 rings (SSSR count). The van der Waals surface area contributed by atoms with Crippen LogP contribution in [-0.4, -0.2) is 16.1 Å². The first-order valence-corrected chi connectivity index (χ1v) is 6.28. The summed E-state index contributed by atoms with van der Waals surface area (Å²) in [6, 6.07) is 3.90. The molecule has 1 N–H and O–H groups in total. The highest BCUT2D eigenvalue weighted by atomic mass is 16.4. The van der Waals surface area contributed by atoms with Gasteiger partial charge in [-0.1, -0.05) is 25.3 Å². The maximum absolute atomic E-state index is 11.6. The second-order valence-corrected chi connectivity index (χ2v) is 5.09. The van der Waals surface area contributed by atoms with E-state index in [0.717, 1.165) is 43.4 Å². The van der Waals surface area contributed by atoms with E-state index in [4.69, 9.17) is 0 Å². The predicted molar refractivity (Wildman–Crippen MR) is 65.8 cm³/mol. The molecule has 1 aliphatic carbocycles. The van der Waals surface area contributed by atoms with Crippen molar-refractivity contribution < 1.29 is 9.90 Å². The fourth-order valence-electron chi connectivity index (χ4n) is 2.72. The number of rotatable bonds is 3. The first-order valence-electron chi connectivity index (χ1n) is 6.28. The molecule has 0 amide bonds. The van der Waals surface area contributed by atoms with E-state index in [1.165, 1.54) is 0 Å². The monoisotopic (exact) mass is 233 g/mol. The summed E-state index contributed by atoms with van der Waals surface area (Å²) < 4.78 is 0. The number of carbonyl (C=O) groups is 1. The van der Waals surface area contributed by atoms with E-state index in [9.17, 15) is 9.90 Å². The lowest BCUT2D eigenvalue weighted by Crippen LogP contribution is -2.36. The molecule has 3 nitrogen and oxygen atoms in total. The molecular weight excluding hydrogens is 214 g/mol. The number of aromatic nitrogens is 1. The normalized spacial score (nSPS) is 18.9. The molecule has 1 saturated carbocycles. The topological polar surface area (TPSA) is 50.2 Å². The molecule has 0 spiro atoms. The van der Waals surface area contributed by atoms with Crippen LogP contribution in [0.5, 0.6) is 0 Å². The third-order valence-corrected chi connectivity index (χ3v) is 3.89. The van der Waals surface area contributed by atoms with E-state index >= 15 is 0 Å². The minimum absolute atomic E-state index is 0.572. The predicted octanol–water partition coefficient (Wildman–Crippen LogP) is 2.97. The summed E-state index contributed by atoms with van der Waals surface area (Å²) in [5.74, 6) is -0.651. The van der Waals surface area contributed by atoms with Crippen LogP contribution in [-0.2, 0) is 11.2 Å². The van der Waals surface area contributed by atoms with E-state index in [-0.39, 0.29) is 0 Å². The summed E-state index contributed by atoms with van der Waals surface area (Å²) in [4.78, 5) is 15.9. The molecule has 0 atom stereocenters. The lowest BCUT2D eigenvalue weighted by molar-refractivity contribution is -0.151. The van der Waals surface area contributed by atoms with Crippen molar-refractivity contribution in [1.29, 1.82) is 0 Å². The lowest BCUT2D eigenvalue weighted by Gasteiger charge is -2.33. The highest BCUT2D eigenvalue weighted by Gasteiger charge is 2.40. The number of pyridine rings is 1. The molecule has 0 bridgehead atoms. The van der Waals surface area contributed by atoms with Crippen LogP contribution in [0, 0.1) is 12.3 Å². The number of nitrogens with zero attached hydrogens (tertiary/aromatic N) is 1. The van der Waals surface area contributed by atoms with Crippen LogP contribution in [0.1, 0.15) is 43.4 Å². The summed E-state index contributed by atoms with van der Waals surface area (Å²) in [5, 5.41) is 9.51. The summed E-state index contributed by atoms with van der Waals surface area (Å²) >= 11 is 0. The Morgan fingerprint density at radius 3 is 2.71 bits per heavy atom. The van der Waals surface area contributed by atoms with Gasteiger partial charge in [-0.25, -0.2) is 0 Å². The highest BCUT2D eigenvalue weighted by molar-refractivity contribution is 5.75. The smallest absolute Gasteiger partial charge is 0.310 e. The third-order valence-electron chi connectivity index (χ3n) is 3.89. The van der Waals surface area contributed by atoms with Crippen LogP contribution in [0.3, 0.4) is 0 Å². The Labute approximate surface area is 102 Å². The molecule has 0 unspecified atom stereocenters. The van der Waals surface area contributed by atoms with Gasteiger partial charge in [-0.3, -0.25) is 9.78 Å². The van der Waals surface area contributed by atoms with Gasteiger partial charge in [-0.05, 0) is 31.4 Å². The van der Waals surface area contributed by atoms with Gasteiger partial charge in [0, 0.05) is 18.3 Å². The zero-order valence-corrected chi connectivity index (χ0v) is 10.3. The van der Waals surface area contributed by atoms with E-state index in [1.54, 1.807) is 6.20 Å². The van der Waals surface area contributed by atoms with Crippen molar-refractivity contribution in [3.63, 3.8) is 0 Å². The fraction of sp³-hybridized carbons (Fsp3) is 0.571. The zero-order valence-electron chi connectivity index (χ0n) is 10.3. The minimum Gasteiger partial charge on any atom is -0.481 e. The molecule has 0 saturated heterocycles. The van der Waals surface area contributed by atoms with Gasteiger partial charge in [0.25, 0.3) is 0 Å². The van der Waals surface area contributed by atoms with Gasteiger partial charge in [0.2, 0.25) is 0 Å². The van der Waals surface area contributed by atoms with E-state index in [2.05, 4.69) is 4.98 Å². The Balaban J connectivity index is 2.24. The Hall–Kier alpha value is -1.38. The molecule has 3 heteroatoms. The largest absolute Gasteiger partial charge is 0.481 e. The molecule has 1 heterocycles. The average molecular weight is 233 g/mol. The summed E-state index contributed by atoms with van der Waals surface area (Å²) in [7, 11) is 0. The first kappa shape index (κ1) is 12.1. The number of aliphatic carboxylic acids is 1. The SMILES string of the molecule is Cc1cccnc1CC1(C(=O)O)CCCCC1. The lowest BCUT2D eigenvalue weighted by atomic mass is 9.71. The standard InChI is InChI=1S/C14H19NO2/c1-11-6-5-9-15-12(11)10-14(13(16)17)7-3-2-4-8-14/h5-6,9H,2-4,7-8,10H2,1H3,(H,16,17). The number of hydrogen-bond donors (Lipinski definition) is 1. The van der Waals surface area contributed by atoms with Crippen LogP contribution in [0.2, 0.25) is 0 Å². The molecule has 1 aromatic rings. The summed E-state index contributed by atoms with van der Waals surface area (Å²) in [6.07, 6.45) is 7.12. The van der Waals surface area contributed by atoms with Crippen LogP contribution in [0.25, 0.3) is 0 Å². The second-order valence-electron chi connectivity index (χ2n) is 5.09. The van der Waals surface area contributed by atoms with Gasteiger partial charge < -0.3 is 5.11 Å². The Morgan fingerprint density at radius 1 is 1.41 bits per heavy atom. The van der Waals surface area contributed by atoms with E-state index < -0.39 is 11.4 Å². The molecule has 1 aliphatic rings. The minimum atomic E-state index is -0.651. The second kappa shape index (κ2) is 4.86. The van der Waals surface area contributed by atoms with E-state index in [0.29, 0.717) is 6.42 Å². The van der Waals surface area contributed by atoms with Crippen LogP contribution in [0.15, 0.2) is 18.3 Å². The van der Waals surface area contributed by atoms with Crippen molar-refractivity contribution in [2.75, 3.05) is 0 Å². The quantitative estimate of drug-likeness (QED) is 0.873. The molecule has 17 heavy (non-hydrogen) atoms. The van der Waals surface area contributed by atoms with E-state index in [1.807, 2.05) is 19.1 Å². The summed E-state index contributed by atoms with van der Waals surface area (Å²) in [6.45, 7) is 2.00. The fourth-order valence-corrected chi connectivity index (χ4v) is 2.72. The zero-order chi connectivity index (χ0) is 12.3. The van der Waals surface area contributed by atoms with Crippen molar-refractivity contribution in [1.82, 2.24) is 4.98 Å². The van der Waals surface area contributed by atoms with Crippen molar-refractivity contribution in [3.8, 4) is 0 Å². The third kappa shape index (κ3) is 2.48. The van der Waals surface area contributed by atoms with Crippen LogP contribution < -0.4 is 0 Å². The van der Waals surface area contributed by atoms with Gasteiger partial charge in [-0.15, -0.1) is 0 Å². The molecule has 1 aromatic heterocycles. The molecule has 0 aliphatic heterocycles. The summed E-state index contributed by atoms with van der Waals surface area (Å²) in [5.41, 5.74) is 1.47. The Bertz CT molecular complexity index is 408. The number of carboxylic acids is 1. The molecule has 0 aromatic carbocycles. The molecule has 1 fully saturated rings. The number of hydrogen-bond acceptors (Lipinski definition) is 2. The van der Waals surface area contributed by atoms with Crippen LogP contribution in [0.4, 0.5) is 0 Å². The van der Waals surface area contributed by atoms with Gasteiger partial charge in [-0.2, -0.15) is 0 Å². The number of aryl methyl sites for hydroxylation is 1. The van der Waals surface area contributed by atoms with Gasteiger partial charge in [0.15, 0.2) is 0 Å². The van der Waals surface area contributed by atoms with Gasteiger partial charge in [0.05, 0.1) is 5.41 Å². The first-order chi connectivity index (χ1) is 8.14. The van der Waals surface area contributed by atoms with Crippen molar-refractivity contribution in [2.24, 2.45) is 5.41 Å². The van der Waals surface area contributed by atoms with Crippen molar-refractivity contribution in [2.45, 2.75) is 45.4 Å². The van der Waals surface area contributed by atoms with Crippen molar-refractivity contribution >= 4 is 5.97 Å².